The minimum atomic E-state index is 0. The van der Waals surface area contributed by atoms with Crippen LogP contribution in [0.25, 0.3) is 5.65 Å². The van der Waals surface area contributed by atoms with Crippen LogP contribution in [0.4, 0.5) is 0 Å². The van der Waals surface area contributed by atoms with Crippen LogP contribution in [-0.2, 0) is 6.54 Å². The molecule has 128 valence electrons. The third-order valence-electron chi connectivity index (χ3n) is 3.36. The van der Waals surface area contributed by atoms with E-state index >= 15 is 0 Å². The first-order valence-corrected chi connectivity index (χ1v) is 8.01. The summed E-state index contributed by atoms with van der Waals surface area (Å²) < 4.78 is 1.96. The average Bonchev–Trinajstić information content (AvgIpc) is 2.92. The highest BCUT2D eigenvalue weighted by molar-refractivity contribution is 14.0. The van der Waals surface area contributed by atoms with Gasteiger partial charge in [-0.3, -0.25) is 4.40 Å². The number of fused-ring (bicyclic) bond motifs is 1. The molecule has 0 aromatic carbocycles. The Balaban J connectivity index is 0.00000264. The van der Waals surface area contributed by atoms with Crippen molar-refractivity contribution in [2.75, 3.05) is 13.1 Å². The molecule has 2 heterocycles. The van der Waals surface area contributed by atoms with Gasteiger partial charge in [0.2, 0.25) is 0 Å². The van der Waals surface area contributed by atoms with Crippen LogP contribution in [0.1, 0.15) is 39.4 Å². The van der Waals surface area contributed by atoms with Gasteiger partial charge in [0.1, 0.15) is 6.54 Å². The Bertz CT molecular complexity index is 607. The first-order valence-electron chi connectivity index (χ1n) is 8.01. The van der Waals surface area contributed by atoms with Crippen LogP contribution in [-0.4, -0.2) is 33.6 Å². The zero-order valence-electron chi connectivity index (χ0n) is 14.1. The Labute approximate surface area is 155 Å². The Morgan fingerprint density at radius 3 is 2.83 bits per heavy atom. The fourth-order valence-corrected chi connectivity index (χ4v) is 2.21. The maximum Gasteiger partial charge on any atom is 0.191 e. The first-order chi connectivity index (χ1) is 10.7. The summed E-state index contributed by atoms with van der Waals surface area (Å²) in [6, 6.07) is 5.87. The number of halogens is 1. The summed E-state index contributed by atoms with van der Waals surface area (Å²) in [5.41, 5.74) is 0.850. The summed E-state index contributed by atoms with van der Waals surface area (Å²) in [5.74, 6) is 2.41. The summed E-state index contributed by atoms with van der Waals surface area (Å²) in [7, 11) is 0. The molecule has 7 heteroatoms. The normalized spacial score (nSPS) is 11.6. The summed E-state index contributed by atoms with van der Waals surface area (Å²) in [6.45, 7) is 8.84. The van der Waals surface area contributed by atoms with Crippen molar-refractivity contribution in [3.05, 3.63) is 30.2 Å². The molecule has 0 fully saturated rings. The Morgan fingerprint density at radius 1 is 1.26 bits per heavy atom. The number of nitrogens with one attached hydrogen (secondary N) is 2. The van der Waals surface area contributed by atoms with Crippen LogP contribution in [0, 0.1) is 5.92 Å². The monoisotopic (exact) mass is 430 g/mol. The Hall–Kier alpha value is -1.38. The summed E-state index contributed by atoms with van der Waals surface area (Å²) in [6.07, 6.45) is 4.33. The third-order valence-corrected chi connectivity index (χ3v) is 3.36. The SMILES string of the molecule is CCNC(=NCc1nnc2ccccn12)NCCCC(C)C.I. The number of rotatable bonds is 7. The van der Waals surface area contributed by atoms with Gasteiger partial charge in [-0.25, -0.2) is 4.99 Å². The van der Waals surface area contributed by atoms with Crippen molar-refractivity contribution in [1.82, 2.24) is 25.2 Å². The van der Waals surface area contributed by atoms with Gasteiger partial charge in [0.25, 0.3) is 0 Å². The number of aliphatic imine (C=N–C) groups is 1. The first kappa shape index (κ1) is 19.7. The molecule has 0 saturated carbocycles. The van der Waals surface area contributed by atoms with Crippen LogP contribution in [0.15, 0.2) is 29.4 Å². The molecule has 0 amide bonds. The van der Waals surface area contributed by atoms with Crippen molar-refractivity contribution in [3.8, 4) is 0 Å². The van der Waals surface area contributed by atoms with Crippen molar-refractivity contribution < 1.29 is 0 Å². The molecule has 23 heavy (non-hydrogen) atoms. The highest BCUT2D eigenvalue weighted by Gasteiger charge is 2.04. The molecule has 0 saturated heterocycles. The van der Waals surface area contributed by atoms with Gasteiger partial charge in [0.05, 0.1) is 0 Å². The fourth-order valence-electron chi connectivity index (χ4n) is 2.21. The van der Waals surface area contributed by atoms with Crippen LogP contribution in [0.2, 0.25) is 0 Å². The van der Waals surface area contributed by atoms with E-state index in [1.54, 1.807) is 0 Å². The standard InChI is InChI=1S/C16H26N6.HI/c1-4-17-16(18-10-7-8-13(2)3)19-12-15-21-20-14-9-5-6-11-22(14)15;/h5-6,9,11,13H,4,7-8,10,12H2,1-3H3,(H2,17,18,19);1H. The minimum absolute atomic E-state index is 0. The molecule has 2 rings (SSSR count). The van der Waals surface area contributed by atoms with Gasteiger partial charge in [-0.2, -0.15) is 0 Å². The summed E-state index contributed by atoms with van der Waals surface area (Å²) in [5, 5.41) is 15.0. The van der Waals surface area contributed by atoms with Gasteiger partial charge in [0.15, 0.2) is 17.4 Å². The van der Waals surface area contributed by atoms with Gasteiger partial charge in [0, 0.05) is 19.3 Å². The van der Waals surface area contributed by atoms with E-state index in [0.717, 1.165) is 42.9 Å². The van der Waals surface area contributed by atoms with Crippen LogP contribution >= 0.6 is 24.0 Å². The summed E-state index contributed by atoms with van der Waals surface area (Å²) >= 11 is 0. The lowest BCUT2D eigenvalue weighted by Crippen LogP contribution is -2.37. The van der Waals surface area contributed by atoms with Gasteiger partial charge >= 0.3 is 0 Å². The van der Waals surface area contributed by atoms with E-state index < -0.39 is 0 Å². The smallest absolute Gasteiger partial charge is 0.191 e. The number of guanidine groups is 1. The van der Waals surface area contributed by atoms with E-state index in [4.69, 9.17) is 0 Å². The molecule has 0 unspecified atom stereocenters. The molecule has 0 bridgehead atoms. The van der Waals surface area contributed by atoms with Crippen molar-refractivity contribution >= 4 is 35.6 Å². The Morgan fingerprint density at radius 2 is 2.09 bits per heavy atom. The van der Waals surface area contributed by atoms with Gasteiger partial charge in [-0.05, 0) is 37.8 Å². The molecular weight excluding hydrogens is 403 g/mol. The highest BCUT2D eigenvalue weighted by Crippen LogP contribution is 2.04. The number of pyridine rings is 1. The maximum absolute atomic E-state index is 4.59. The van der Waals surface area contributed by atoms with Crippen molar-refractivity contribution in [1.29, 1.82) is 0 Å². The van der Waals surface area contributed by atoms with E-state index in [-0.39, 0.29) is 24.0 Å². The Kier molecular flexibility index (Phi) is 8.90. The number of hydrogen-bond donors (Lipinski definition) is 2. The predicted molar refractivity (Wildman–Crippen MR) is 105 cm³/mol. The van der Waals surface area contributed by atoms with E-state index in [0.29, 0.717) is 6.54 Å². The van der Waals surface area contributed by atoms with Crippen molar-refractivity contribution in [3.63, 3.8) is 0 Å². The maximum atomic E-state index is 4.59. The number of hydrogen-bond acceptors (Lipinski definition) is 3. The zero-order valence-corrected chi connectivity index (χ0v) is 16.4. The molecular formula is C16H27IN6. The van der Waals surface area contributed by atoms with E-state index in [1.807, 2.05) is 28.8 Å². The second-order valence-corrected chi connectivity index (χ2v) is 5.70. The molecule has 0 radical (unpaired) electrons. The minimum Gasteiger partial charge on any atom is -0.357 e. The van der Waals surface area contributed by atoms with Crippen LogP contribution in [0.3, 0.4) is 0 Å². The van der Waals surface area contributed by atoms with Crippen LogP contribution < -0.4 is 10.6 Å². The molecule has 0 atom stereocenters. The van der Waals surface area contributed by atoms with Gasteiger partial charge in [-0.1, -0.05) is 19.9 Å². The lowest BCUT2D eigenvalue weighted by atomic mass is 10.1. The fraction of sp³-hybridized carbons (Fsp3) is 0.562. The van der Waals surface area contributed by atoms with Gasteiger partial charge < -0.3 is 10.6 Å². The van der Waals surface area contributed by atoms with Crippen molar-refractivity contribution in [2.24, 2.45) is 10.9 Å². The second kappa shape index (κ2) is 10.4. The molecule has 0 spiro atoms. The molecule has 2 N–H and O–H groups in total. The van der Waals surface area contributed by atoms with Crippen molar-refractivity contribution in [2.45, 2.75) is 40.2 Å². The second-order valence-electron chi connectivity index (χ2n) is 5.70. The van der Waals surface area contributed by atoms with E-state index in [2.05, 4.69) is 46.6 Å². The number of nitrogens with zero attached hydrogens (tertiary/aromatic N) is 4. The predicted octanol–water partition coefficient (Wildman–Crippen LogP) is 2.84. The van der Waals surface area contributed by atoms with E-state index in [1.165, 1.54) is 6.42 Å². The zero-order chi connectivity index (χ0) is 15.8. The third kappa shape index (κ3) is 6.32. The lowest BCUT2D eigenvalue weighted by molar-refractivity contribution is 0.549. The molecule has 2 aromatic heterocycles. The van der Waals surface area contributed by atoms with Crippen LogP contribution in [0.5, 0.6) is 0 Å². The largest absolute Gasteiger partial charge is 0.357 e. The van der Waals surface area contributed by atoms with E-state index in [9.17, 15) is 0 Å². The summed E-state index contributed by atoms with van der Waals surface area (Å²) in [4.78, 5) is 4.59. The molecule has 2 aromatic rings. The topological polar surface area (TPSA) is 66.6 Å². The molecule has 0 aliphatic rings. The quantitative estimate of drug-likeness (QED) is 0.307. The average molecular weight is 430 g/mol. The number of aromatic nitrogens is 3. The highest BCUT2D eigenvalue weighted by atomic mass is 127. The molecule has 0 aliphatic carbocycles. The lowest BCUT2D eigenvalue weighted by Gasteiger charge is -2.11. The molecule has 6 nitrogen and oxygen atoms in total. The van der Waals surface area contributed by atoms with Gasteiger partial charge in [-0.15, -0.1) is 34.2 Å². The molecule has 0 aliphatic heterocycles.